The van der Waals surface area contributed by atoms with Gasteiger partial charge in [0, 0.05) is 17.3 Å². The van der Waals surface area contributed by atoms with Crippen LogP contribution in [0.25, 0.3) is 0 Å². The molecule has 2 aromatic rings. The van der Waals surface area contributed by atoms with E-state index in [-0.39, 0.29) is 11.8 Å². The van der Waals surface area contributed by atoms with Crippen molar-refractivity contribution in [2.24, 2.45) is 0 Å². The number of amides is 1. The topological polar surface area (TPSA) is 65.8 Å². The Bertz CT molecular complexity index is 686. The second kappa shape index (κ2) is 5.43. The number of aryl methyl sites for hydroxylation is 1. The van der Waals surface area contributed by atoms with Crippen LogP contribution in [-0.2, 0) is 11.2 Å². The van der Waals surface area contributed by atoms with Crippen molar-refractivity contribution >= 4 is 22.9 Å². The fourth-order valence-electron chi connectivity index (χ4n) is 2.57. The fourth-order valence-corrected chi connectivity index (χ4v) is 3.56. The number of carbonyl (C=O) groups excluding carboxylic acids is 1. The Morgan fingerprint density at radius 2 is 2.40 bits per heavy atom. The van der Waals surface area contributed by atoms with E-state index >= 15 is 0 Å². The normalized spacial score (nSPS) is 17.1. The zero-order valence-corrected chi connectivity index (χ0v) is 11.6. The third kappa shape index (κ3) is 2.30. The third-order valence-electron chi connectivity index (χ3n) is 3.57. The first-order valence-corrected chi connectivity index (χ1v) is 7.39. The highest BCUT2D eigenvalue weighted by atomic mass is 32.1. The van der Waals surface area contributed by atoms with Gasteiger partial charge in [-0.15, -0.1) is 11.3 Å². The van der Waals surface area contributed by atoms with Crippen LogP contribution in [0.4, 0.5) is 5.69 Å². The largest absolute Gasteiger partial charge is 0.324 e. The molecule has 0 aromatic carbocycles. The molecule has 0 aliphatic heterocycles. The Morgan fingerprint density at radius 3 is 3.25 bits per heavy atom. The number of pyridine rings is 1. The number of nitrogens with zero attached hydrogens (tertiary/aromatic N) is 2. The zero-order valence-electron chi connectivity index (χ0n) is 10.8. The summed E-state index contributed by atoms with van der Waals surface area (Å²) in [5.74, 6) is -0.142. The molecule has 1 atom stereocenters. The van der Waals surface area contributed by atoms with E-state index in [9.17, 15) is 4.79 Å². The minimum absolute atomic E-state index is 0.0351. The minimum Gasteiger partial charge on any atom is -0.324 e. The molecule has 0 bridgehead atoms. The van der Waals surface area contributed by atoms with Crippen molar-refractivity contribution < 1.29 is 4.79 Å². The molecule has 4 nitrogen and oxygen atoms in total. The van der Waals surface area contributed by atoms with Crippen molar-refractivity contribution in [1.82, 2.24) is 4.98 Å². The van der Waals surface area contributed by atoms with Gasteiger partial charge in [0.25, 0.3) is 0 Å². The second-order valence-electron chi connectivity index (χ2n) is 4.77. The SMILES string of the molecule is N#Cc1cnccc1NC(=O)C1CCCc2sccc21. The molecule has 0 spiro atoms. The molecule has 1 unspecified atom stereocenters. The Kier molecular flexibility index (Phi) is 3.48. The molecule has 0 saturated heterocycles. The lowest BCUT2D eigenvalue weighted by atomic mass is 9.87. The van der Waals surface area contributed by atoms with Crippen molar-refractivity contribution in [3.63, 3.8) is 0 Å². The lowest BCUT2D eigenvalue weighted by Gasteiger charge is -2.22. The zero-order chi connectivity index (χ0) is 13.9. The van der Waals surface area contributed by atoms with Crippen molar-refractivity contribution in [3.8, 4) is 6.07 Å². The van der Waals surface area contributed by atoms with Gasteiger partial charge in [0.15, 0.2) is 0 Å². The summed E-state index contributed by atoms with van der Waals surface area (Å²) in [6.45, 7) is 0. The monoisotopic (exact) mass is 283 g/mol. The second-order valence-corrected chi connectivity index (χ2v) is 5.77. The van der Waals surface area contributed by atoms with Gasteiger partial charge in [0.1, 0.15) is 6.07 Å². The van der Waals surface area contributed by atoms with Crippen LogP contribution in [0.2, 0.25) is 0 Å². The summed E-state index contributed by atoms with van der Waals surface area (Å²) in [5, 5.41) is 13.9. The molecule has 2 heterocycles. The molecular weight excluding hydrogens is 270 g/mol. The minimum atomic E-state index is -0.107. The Morgan fingerprint density at radius 1 is 1.50 bits per heavy atom. The molecule has 0 fully saturated rings. The summed E-state index contributed by atoms with van der Waals surface area (Å²) in [6.07, 6.45) is 6.00. The number of hydrogen-bond acceptors (Lipinski definition) is 4. The number of nitriles is 1. The van der Waals surface area contributed by atoms with Gasteiger partial charge in [-0.1, -0.05) is 0 Å². The average molecular weight is 283 g/mol. The first kappa shape index (κ1) is 12.8. The molecule has 100 valence electrons. The number of nitrogens with one attached hydrogen (secondary N) is 1. The predicted molar refractivity (Wildman–Crippen MR) is 77.6 cm³/mol. The van der Waals surface area contributed by atoms with Crippen LogP contribution in [0.3, 0.4) is 0 Å². The molecule has 0 saturated carbocycles. The number of fused-ring (bicyclic) bond motifs is 1. The first-order chi connectivity index (χ1) is 9.79. The smallest absolute Gasteiger partial charge is 0.231 e. The highest BCUT2D eigenvalue weighted by Gasteiger charge is 2.27. The number of rotatable bonds is 2. The first-order valence-electron chi connectivity index (χ1n) is 6.51. The summed E-state index contributed by atoms with van der Waals surface area (Å²) in [4.78, 5) is 17.7. The molecule has 1 amide bonds. The van der Waals surface area contributed by atoms with Crippen LogP contribution in [-0.4, -0.2) is 10.9 Å². The van der Waals surface area contributed by atoms with E-state index in [1.807, 2.05) is 17.5 Å². The van der Waals surface area contributed by atoms with Crippen molar-refractivity contribution in [1.29, 1.82) is 5.26 Å². The van der Waals surface area contributed by atoms with Gasteiger partial charge in [0.05, 0.1) is 17.2 Å². The van der Waals surface area contributed by atoms with Crippen LogP contribution in [0, 0.1) is 11.3 Å². The molecule has 1 aliphatic rings. The van der Waals surface area contributed by atoms with Gasteiger partial charge in [0.2, 0.25) is 5.91 Å². The molecule has 5 heteroatoms. The highest BCUT2D eigenvalue weighted by molar-refractivity contribution is 7.10. The van der Waals surface area contributed by atoms with Gasteiger partial charge >= 0.3 is 0 Å². The van der Waals surface area contributed by atoms with Crippen LogP contribution in [0.5, 0.6) is 0 Å². The van der Waals surface area contributed by atoms with Crippen LogP contribution < -0.4 is 5.32 Å². The van der Waals surface area contributed by atoms with E-state index in [0.29, 0.717) is 11.3 Å². The van der Waals surface area contributed by atoms with Crippen molar-refractivity contribution in [2.75, 3.05) is 5.32 Å². The molecule has 1 N–H and O–H groups in total. The van der Waals surface area contributed by atoms with Crippen molar-refractivity contribution in [3.05, 3.63) is 45.9 Å². The van der Waals surface area contributed by atoms with E-state index < -0.39 is 0 Å². The summed E-state index contributed by atoms with van der Waals surface area (Å²) in [6, 6.07) is 5.75. The van der Waals surface area contributed by atoms with E-state index in [4.69, 9.17) is 5.26 Å². The van der Waals surface area contributed by atoms with Gasteiger partial charge < -0.3 is 5.32 Å². The van der Waals surface area contributed by atoms with E-state index in [0.717, 1.165) is 24.8 Å². The average Bonchev–Trinajstić information content (AvgIpc) is 2.96. The third-order valence-corrected chi connectivity index (χ3v) is 4.56. The molecule has 2 aromatic heterocycles. The predicted octanol–water partition coefficient (Wildman–Crippen LogP) is 3.07. The number of hydrogen-bond donors (Lipinski definition) is 1. The van der Waals surface area contributed by atoms with Crippen LogP contribution in [0.1, 0.15) is 34.8 Å². The molecule has 0 radical (unpaired) electrons. The van der Waals surface area contributed by atoms with E-state index in [1.165, 1.54) is 11.1 Å². The molecule has 3 rings (SSSR count). The Hall–Kier alpha value is -2.19. The quantitative estimate of drug-likeness (QED) is 0.921. The highest BCUT2D eigenvalue weighted by Crippen LogP contribution is 2.35. The van der Waals surface area contributed by atoms with E-state index in [1.54, 1.807) is 23.6 Å². The van der Waals surface area contributed by atoms with Gasteiger partial charge in [-0.25, -0.2) is 0 Å². The lowest BCUT2D eigenvalue weighted by molar-refractivity contribution is -0.117. The lowest BCUT2D eigenvalue weighted by Crippen LogP contribution is -2.24. The summed E-state index contributed by atoms with van der Waals surface area (Å²) in [7, 11) is 0. The summed E-state index contributed by atoms with van der Waals surface area (Å²) in [5.41, 5.74) is 2.07. The summed E-state index contributed by atoms with van der Waals surface area (Å²) >= 11 is 1.72. The maximum absolute atomic E-state index is 12.5. The van der Waals surface area contributed by atoms with Crippen molar-refractivity contribution in [2.45, 2.75) is 25.2 Å². The van der Waals surface area contributed by atoms with Gasteiger partial charge in [-0.3, -0.25) is 9.78 Å². The number of aromatic nitrogens is 1. The standard InChI is InChI=1S/C15H13N3OS/c16-8-10-9-17-6-4-13(10)18-15(19)12-2-1-3-14-11(12)5-7-20-14/h4-7,9,12H,1-3H2,(H,17,18,19). The van der Waals surface area contributed by atoms with Crippen LogP contribution >= 0.6 is 11.3 Å². The number of anilines is 1. The number of carbonyl (C=O) groups is 1. The number of thiophene rings is 1. The van der Waals surface area contributed by atoms with Gasteiger partial charge in [-0.2, -0.15) is 5.26 Å². The Labute approximate surface area is 121 Å². The Balaban J connectivity index is 1.83. The molecule has 20 heavy (non-hydrogen) atoms. The maximum Gasteiger partial charge on any atom is 0.231 e. The van der Waals surface area contributed by atoms with Crippen LogP contribution in [0.15, 0.2) is 29.9 Å². The summed E-state index contributed by atoms with van der Waals surface area (Å²) < 4.78 is 0. The molecular formula is C15H13N3OS. The van der Waals surface area contributed by atoms with Gasteiger partial charge in [-0.05, 0) is 42.3 Å². The fraction of sp³-hybridized carbons (Fsp3) is 0.267. The van der Waals surface area contributed by atoms with E-state index in [2.05, 4.69) is 10.3 Å². The molecule has 1 aliphatic carbocycles. The maximum atomic E-state index is 12.5.